The summed E-state index contributed by atoms with van der Waals surface area (Å²) >= 11 is 0. The highest BCUT2D eigenvalue weighted by molar-refractivity contribution is 5.36. The molecule has 0 aliphatic heterocycles. The van der Waals surface area contributed by atoms with Crippen LogP contribution in [0.4, 0.5) is 8.78 Å². The first kappa shape index (κ1) is 28.3. The minimum atomic E-state index is -0.710. The highest BCUT2D eigenvalue weighted by Gasteiger charge is 2.27. The molecule has 0 amide bonds. The third-order valence-electron chi connectivity index (χ3n) is 10.4. The molecule has 1 aromatic rings. The predicted octanol–water partition coefficient (Wildman–Crippen LogP) is 10.6. The normalized spacial score (nSPS) is 30.9. The molecule has 3 saturated carbocycles. The minimum absolute atomic E-state index is 0.233. The zero-order valence-electron chi connectivity index (χ0n) is 23.2. The second-order valence-electron chi connectivity index (χ2n) is 12.8. The molecule has 0 atom stereocenters. The van der Waals surface area contributed by atoms with Gasteiger partial charge in [-0.3, -0.25) is 0 Å². The van der Waals surface area contributed by atoms with Gasteiger partial charge in [-0.25, -0.2) is 8.78 Å². The average molecular weight is 510 g/mol. The van der Waals surface area contributed by atoms with E-state index in [0.29, 0.717) is 0 Å². The highest BCUT2D eigenvalue weighted by atomic mass is 19.1. The molecule has 3 aliphatic rings. The number of benzene rings is 1. The Labute approximate surface area is 225 Å². The van der Waals surface area contributed by atoms with Crippen LogP contribution in [0.5, 0.6) is 0 Å². The number of halogens is 2. The van der Waals surface area contributed by atoms with Gasteiger partial charge in [-0.1, -0.05) is 89.2 Å². The number of allylic oxidation sites excluding steroid dienone is 2. The van der Waals surface area contributed by atoms with Crippen LogP contribution >= 0.6 is 0 Å². The lowest BCUT2D eigenvalue weighted by molar-refractivity contribution is 0.200. The minimum Gasteiger partial charge on any atom is -0.205 e. The molecule has 1 aromatic carbocycles. The predicted molar refractivity (Wildman–Crippen MR) is 149 cm³/mol. The van der Waals surface area contributed by atoms with Gasteiger partial charge in [0.2, 0.25) is 0 Å². The summed E-state index contributed by atoms with van der Waals surface area (Å²) < 4.78 is 28.1. The summed E-state index contributed by atoms with van der Waals surface area (Å²) in [6.07, 6.45) is 28.9. The van der Waals surface area contributed by atoms with Crippen LogP contribution in [0.2, 0.25) is 0 Å². The second-order valence-corrected chi connectivity index (χ2v) is 12.8. The van der Waals surface area contributed by atoms with Crippen molar-refractivity contribution in [3.05, 3.63) is 47.0 Å². The quantitative estimate of drug-likeness (QED) is 0.288. The fourth-order valence-corrected chi connectivity index (χ4v) is 7.78. The van der Waals surface area contributed by atoms with E-state index in [1.54, 1.807) is 6.07 Å². The molecule has 0 spiro atoms. The number of nitrogens with zero attached hydrogens (tertiary/aromatic N) is 1. The molecule has 0 N–H and O–H groups in total. The molecule has 4 rings (SSSR count). The van der Waals surface area contributed by atoms with Gasteiger partial charge < -0.3 is 0 Å². The smallest absolute Gasteiger partial charge is 0.144 e. The Morgan fingerprint density at radius 1 is 0.676 bits per heavy atom. The number of nitriles is 1. The maximum atomic E-state index is 14.0. The van der Waals surface area contributed by atoms with E-state index < -0.39 is 17.2 Å². The van der Waals surface area contributed by atoms with Crippen LogP contribution in [0.15, 0.2) is 24.3 Å². The highest BCUT2D eigenvalue weighted by Crippen LogP contribution is 2.42. The van der Waals surface area contributed by atoms with Crippen LogP contribution in [-0.2, 0) is 0 Å². The van der Waals surface area contributed by atoms with Crippen molar-refractivity contribution in [1.82, 2.24) is 0 Å². The molecule has 3 heteroatoms. The average Bonchev–Trinajstić information content (AvgIpc) is 2.92. The molecular weight excluding hydrogens is 460 g/mol. The van der Waals surface area contributed by atoms with Crippen LogP contribution in [-0.4, -0.2) is 0 Å². The van der Waals surface area contributed by atoms with Gasteiger partial charge in [-0.15, -0.1) is 0 Å². The van der Waals surface area contributed by atoms with Crippen molar-refractivity contribution in [2.24, 2.45) is 29.6 Å². The number of hydrogen-bond donors (Lipinski definition) is 0. The van der Waals surface area contributed by atoms with Gasteiger partial charge in [-0.05, 0) is 98.7 Å². The van der Waals surface area contributed by atoms with Gasteiger partial charge in [0.25, 0.3) is 0 Å². The second kappa shape index (κ2) is 14.5. The van der Waals surface area contributed by atoms with Crippen molar-refractivity contribution in [1.29, 1.82) is 5.26 Å². The van der Waals surface area contributed by atoms with Gasteiger partial charge in [-0.2, -0.15) is 5.26 Å². The molecular formula is C34H49F2N. The third-order valence-corrected chi connectivity index (χ3v) is 10.4. The van der Waals surface area contributed by atoms with E-state index in [1.165, 1.54) is 115 Å². The first-order valence-electron chi connectivity index (χ1n) is 15.6. The van der Waals surface area contributed by atoms with Crippen LogP contribution in [0.25, 0.3) is 0 Å². The largest absolute Gasteiger partial charge is 0.205 e. The third kappa shape index (κ3) is 8.40. The summed E-state index contributed by atoms with van der Waals surface area (Å²) in [4.78, 5) is 0. The van der Waals surface area contributed by atoms with Crippen molar-refractivity contribution in [2.45, 2.75) is 128 Å². The zero-order chi connectivity index (χ0) is 26.0. The van der Waals surface area contributed by atoms with Crippen molar-refractivity contribution < 1.29 is 8.78 Å². The van der Waals surface area contributed by atoms with Crippen LogP contribution < -0.4 is 0 Å². The Hall–Kier alpha value is -1.69. The zero-order valence-corrected chi connectivity index (χ0v) is 23.2. The van der Waals surface area contributed by atoms with Gasteiger partial charge in [0, 0.05) is 0 Å². The lowest BCUT2D eigenvalue weighted by atomic mass is 9.72. The van der Waals surface area contributed by atoms with Crippen molar-refractivity contribution in [3.63, 3.8) is 0 Å². The Bertz CT molecular complexity index is 868. The molecule has 3 fully saturated rings. The molecule has 0 aromatic heterocycles. The molecule has 1 nitrogen and oxygen atoms in total. The Morgan fingerprint density at radius 3 is 1.43 bits per heavy atom. The van der Waals surface area contributed by atoms with E-state index in [9.17, 15) is 8.78 Å². The van der Waals surface area contributed by atoms with Crippen LogP contribution in [0.3, 0.4) is 0 Å². The summed E-state index contributed by atoms with van der Waals surface area (Å²) in [5.74, 6) is 3.47. The van der Waals surface area contributed by atoms with Gasteiger partial charge in [0.1, 0.15) is 23.3 Å². The Balaban J connectivity index is 1.07. The molecule has 0 radical (unpaired) electrons. The maximum Gasteiger partial charge on any atom is 0.144 e. The number of hydrogen-bond acceptors (Lipinski definition) is 1. The van der Waals surface area contributed by atoms with Gasteiger partial charge in [0.05, 0.1) is 0 Å². The monoisotopic (exact) mass is 509 g/mol. The maximum absolute atomic E-state index is 14.0. The summed E-state index contributed by atoms with van der Waals surface area (Å²) in [6, 6.07) is 4.41. The van der Waals surface area contributed by atoms with Crippen molar-refractivity contribution >= 4 is 0 Å². The Kier molecular flexibility index (Phi) is 11.1. The van der Waals surface area contributed by atoms with E-state index in [0.717, 1.165) is 48.0 Å². The van der Waals surface area contributed by atoms with E-state index in [2.05, 4.69) is 19.1 Å². The van der Waals surface area contributed by atoms with Gasteiger partial charge in [0.15, 0.2) is 0 Å². The first-order chi connectivity index (χ1) is 18.1. The van der Waals surface area contributed by atoms with Gasteiger partial charge >= 0.3 is 0 Å². The number of rotatable bonds is 10. The lowest BCUT2D eigenvalue weighted by Gasteiger charge is -2.33. The van der Waals surface area contributed by atoms with Crippen molar-refractivity contribution in [3.8, 4) is 6.07 Å². The van der Waals surface area contributed by atoms with E-state index >= 15 is 0 Å². The molecule has 0 bridgehead atoms. The summed E-state index contributed by atoms with van der Waals surface area (Å²) in [7, 11) is 0. The van der Waals surface area contributed by atoms with Crippen LogP contribution in [0, 0.1) is 52.6 Å². The fourth-order valence-electron chi connectivity index (χ4n) is 7.78. The summed E-state index contributed by atoms with van der Waals surface area (Å²) in [6.45, 7) is 2.13. The molecule has 0 saturated heterocycles. The van der Waals surface area contributed by atoms with E-state index in [1.807, 2.05) is 0 Å². The fraction of sp³-hybridized carbons (Fsp3) is 0.735. The molecule has 204 valence electrons. The van der Waals surface area contributed by atoms with E-state index in [4.69, 9.17) is 5.26 Å². The first-order valence-corrected chi connectivity index (χ1v) is 15.6. The summed E-state index contributed by atoms with van der Waals surface area (Å²) in [5, 5.41) is 8.90. The topological polar surface area (TPSA) is 23.8 Å². The van der Waals surface area contributed by atoms with E-state index in [-0.39, 0.29) is 5.92 Å². The SMILES string of the molecule is C/C=C/CCC1CCC(CCC2CCC(CCC3CCC(c4cc(F)c(C#N)c(F)c4)CC3)CC2)CC1. The van der Waals surface area contributed by atoms with Crippen molar-refractivity contribution in [2.75, 3.05) is 0 Å². The molecule has 0 unspecified atom stereocenters. The molecule has 37 heavy (non-hydrogen) atoms. The summed E-state index contributed by atoms with van der Waals surface area (Å²) in [5.41, 5.74) is 0.286. The molecule has 0 heterocycles. The lowest BCUT2D eigenvalue weighted by Crippen LogP contribution is -2.19. The molecule has 3 aliphatic carbocycles. The standard InChI is InChI=1S/C34H49F2N/c1-2-3-4-5-25-6-8-26(9-7-25)10-11-27-12-14-28(15-13-27)16-17-29-18-20-30(21-19-29)31-22-33(35)32(24-37)34(36)23-31/h2-3,22-23,25-30H,4-21H2,1H3/b3-2+. The van der Waals surface area contributed by atoms with Crippen LogP contribution in [0.1, 0.15) is 140 Å². The Morgan fingerprint density at radius 2 is 1.05 bits per heavy atom.